The molecule has 3 rings (SSSR count). The Balaban J connectivity index is 1.73. The van der Waals surface area contributed by atoms with E-state index in [1.54, 1.807) is 7.11 Å². The summed E-state index contributed by atoms with van der Waals surface area (Å²) in [5.74, 6) is 0.937. The van der Waals surface area contributed by atoms with E-state index in [4.69, 9.17) is 4.74 Å². The molecule has 1 aromatic heterocycles. The molecule has 104 valence electrons. The zero-order valence-corrected chi connectivity index (χ0v) is 12.0. The van der Waals surface area contributed by atoms with Crippen molar-refractivity contribution in [3.8, 4) is 5.75 Å². The third-order valence-electron chi connectivity index (χ3n) is 4.06. The summed E-state index contributed by atoms with van der Waals surface area (Å²) in [7, 11) is 1.72. The maximum Gasteiger partial charge on any atom is 0.119 e. The second-order valence-electron chi connectivity index (χ2n) is 5.30. The van der Waals surface area contributed by atoms with Crippen LogP contribution in [0.4, 0.5) is 0 Å². The first-order valence-electron chi connectivity index (χ1n) is 7.08. The van der Waals surface area contributed by atoms with Crippen molar-refractivity contribution in [2.45, 2.75) is 32.4 Å². The van der Waals surface area contributed by atoms with Crippen LogP contribution in [0, 0.1) is 6.92 Å². The lowest BCUT2D eigenvalue weighted by Gasteiger charge is -2.15. The number of fused-ring (bicyclic) bond motifs is 1. The maximum absolute atomic E-state index is 5.33. The molecular formula is C17H20N2O. The molecule has 0 bridgehead atoms. The highest BCUT2D eigenvalue weighted by Crippen LogP contribution is 2.33. The molecule has 20 heavy (non-hydrogen) atoms. The first-order chi connectivity index (χ1) is 9.78. The normalized spacial score (nSPS) is 17.0. The molecule has 0 aliphatic heterocycles. The fourth-order valence-electron chi connectivity index (χ4n) is 2.84. The van der Waals surface area contributed by atoms with Gasteiger partial charge in [0, 0.05) is 18.8 Å². The summed E-state index contributed by atoms with van der Waals surface area (Å²) in [5.41, 5.74) is 5.17. The van der Waals surface area contributed by atoms with Crippen molar-refractivity contribution in [3.63, 3.8) is 0 Å². The van der Waals surface area contributed by atoms with Gasteiger partial charge >= 0.3 is 0 Å². The van der Waals surface area contributed by atoms with E-state index in [9.17, 15) is 0 Å². The first-order valence-corrected chi connectivity index (χ1v) is 7.08. The van der Waals surface area contributed by atoms with Gasteiger partial charge in [0.15, 0.2) is 0 Å². The predicted octanol–water partition coefficient (Wildman–Crippen LogP) is 3.18. The topological polar surface area (TPSA) is 34.1 Å². The minimum Gasteiger partial charge on any atom is -0.497 e. The van der Waals surface area contributed by atoms with Gasteiger partial charge in [0.2, 0.25) is 0 Å². The second-order valence-corrected chi connectivity index (χ2v) is 5.30. The minimum atomic E-state index is 0.404. The van der Waals surface area contributed by atoms with Crippen LogP contribution >= 0.6 is 0 Å². The van der Waals surface area contributed by atoms with Gasteiger partial charge in [-0.05, 0) is 54.7 Å². The SMILES string of the molecule is COc1ccc2c(c1)C(NCc1ncccc1C)CC2. The van der Waals surface area contributed by atoms with Crippen molar-refractivity contribution in [3.05, 3.63) is 58.9 Å². The van der Waals surface area contributed by atoms with Crippen molar-refractivity contribution in [2.75, 3.05) is 7.11 Å². The predicted molar refractivity (Wildman–Crippen MR) is 79.9 cm³/mol. The third kappa shape index (κ3) is 2.54. The van der Waals surface area contributed by atoms with Gasteiger partial charge in [-0.1, -0.05) is 12.1 Å². The second kappa shape index (κ2) is 5.63. The number of aromatic nitrogens is 1. The Morgan fingerprint density at radius 1 is 1.35 bits per heavy atom. The standard InChI is InChI=1S/C17H20N2O/c1-12-4-3-9-18-17(12)11-19-16-8-6-13-5-7-14(20-2)10-15(13)16/h3-5,7,9-10,16,19H,6,8,11H2,1-2H3. The first kappa shape index (κ1) is 13.1. The van der Waals surface area contributed by atoms with Crippen molar-refractivity contribution in [1.82, 2.24) is 10.3 Å². The van der Waals surface area contributed by atoms with Gasteiger partial charge in [0.1, 0.15) is 5.75 Å². The molecule has 1 heterocycles. The van der Waals surface area contributed by atoms with Gasteiger partial charge in [-0.2, -0.15) is 0 Å². The van der Waals surface area contributed by atoms with Gasteiger partial charge in [0.05, 0.1) is 12.8 Å². The van der Waals surface area contributed by atoms with Crippen molar-refractivity contribution in [1.29, 1.82) is 0 Å². The van der Waals surface area contributed by atoms with E-state index < -0.39 is 0 Å². The summed E-state index contributed by atoms with van der Waals surface area (Å²) in [6, 6.07) is 10.9. The molecule has 1 aliphatic rings. The summed E-state index contributed by atoms with van der Waals surface area (Å²) in [5, 5.41) is 3.63. The Morgan fingerprint density at radius 2 is 2.25 bits per heavy atom. The number of aryl methyl sites for hydroxylation is 2. The highest BCUT2D eigenvalue weighted by Gasteiger charge is 2.22. The smallest absolute Gasteiger partial charge is 0.119 e. The molecule has 1 aromatic carbocycles. The molecule has 0 radical (unpaired) electrons. The van der Waals surface area contributed by atoms with Crippen LogP contribution in [-0.4, -0.2) is 12.1 Å². The molecule has 0 amide bonds. The largest absolute Gasteiger partial charge is 0.497 e. The Hall–Kier alpha value is -1.87. The summed E-state index contributed by atoms with van der Waals surface area (Å²) >= 11 is 0. The number of ether oxygens (including phenoxy) is 1. The summed E-state index contributed by atoms with van der Waals surface area (Å²) in [6.07, 6.45) is 4.14. The highest BCUT2D eigenvalue weighted by atomic mass is 16.5. The number of hydrogen-bond acceptors (Lipinski definition) is 3. The summed E-state index contributed by atoms with van der Waals surface area (Å²) in [4.78, 5) is 4.44. The van der Waals surface area contributed by atoms with Crippen LogP contribution in [0.5, 0.6) is 5.75 Å². The Bertz CT molecular complexity index is 610. The number of methoxy groups -OCH3 is 1. The lowest BCUT2D eigenvalue weighted by Crippen LogP contribution is -2.20. The molecule has 0 fully saturated rings. The fourth-order valence-corrected chi connectivity index (χ4v) is 2.84. The average Bonchev–Trinajstić information content (AvgIpc) is 2.88. The molecule has 3 nitrogen and oxygen atoms in total. The monoisotopic (exact) mass is 268 g/mol. The van der Waals surface area contributed by atoms with E-state index in [2.05, 4.69) is 35.4 Å². The molecule has 1 N–H and O–H groups in total. The van der Waals surface area contributed by atoms with Gasteiger partial charge < -0.3 is 10.1 Å². The highest BCUT2D eigenvalue weighted by molar-refractivity contribution is 5.40. The number of rotatable bonds is 4. The molecule has 1 atom stereocenters. The zero-order chi connectivity index (χ0) is 13.9. The van der Waals surface area contributed by atoms with E-state index in [0.29, 0.717) is 6.04 Å². The van der Waals surface area contributed by atoms with E-state index >= 15 is 0 Å². The van der Waals surface area contributed by atoms with Crippen molar-refractivity contribution >= 4 is 0 Å². The number of hydrogen-bond donors (Lipinski definition) is 1. The van der Waals surface area contributed by atoms with Crippen LogP contribution in [0.2, 0.25) is 0 Å². The fraction of sp³-hybridized carbons (Fsp3) is 0.353. The van der Waals surface area contributed by atoms with Crippen LogP contribution in [0.15, 0.2) is 36.5 Å². The molecule has 2 aromatic rings. The summed E-state index contributed by atoms with van der Waals surface area (Å²) in [6.45, 7) is 2.92. The lowest BCUT2D eigenvalue weighted by molar-refractivity contribution is 0.413. The molecule has 1 aliphatic carbocycles. The van der Waals surface area contributed by atoms with Crippen LogP contribution < -0.4 is 10.1 Å². The number of nitrogens with one attached hydrogen (secondary N) is 1. The Labute approximate surface area is 120 Å². The van der Waals surface area contributed by atoms with E-state index in [1.165, 1.54) is 16.7 Å². The van der Waals surface area contributed by atoms with Crippen molar-refractivity contribution < 1.29 is 4.74 Å². The van der Waals surface area contributed by atoms with Crippen LogP contribution in [0.3, 0.4) is 0 Å². The molecule has 0 saturated carbocycles. The molecule has 0 spiro atoms. The number of pyridine rings is 1. The Kier molecular flexibility index (Phi) is 3.70. The lowest BCUT2D eigenvalue weighted by atomic mass is 10.1. The average molecular weight is 268 g/mol. The molecule has 0 saturated heterocycles. The Morgan fingerprint density at radius 3 is 3.05 bits per heavy atom. The number of benzene rings is 1. The van der Waals surface area contributed by atoms with E-state index in [1.807, 2.05) is 18.3 Å². The third-order valence-corrected chi connectivity index (χ3v) is 4.06. The zero-order valence-electron chi connectivity index (χ0n) is 12.0. The molecule has 1 unspecified atom stereocenters. The van der Waals surface area contributed by atoms with E-state index in [-0.39, 0.29) is 0 Å². The van der Waals surface area contributed by atoms with Gasteiger partial charge in [-0.3, -0.25) is 4.98 Å². The maximum atomic E-state index is 5.33. The quantitative estimate of drug-likeness (QED) is 0.924. The van der Waals surface area contributed by atoms with Gasteiger partial charge in [-0.25, -0.2) is 0 Å². The number of nitrogens with zero attached hydrogens (tertiary/aromatic N) is 1. The van der Waals surface area contributed by atoms with Crippen LogP contribution in [0.25, 0.3) is 0 Å². The minimum absolute atomic E-state index is 0.404. The van der Waals surface area contributed by atoms with Crippen LogP contribution in [0.1, 0.15) is 34.8 Å². The van der Waals surface area contributed by atoms with E-state index in [0.717, 1.165) is 30.8 Å². The molecular weight excluding hydrogens is 248 g/mol. The van der Waals surface area contributed by atoms with Gasteiger partial charge in [0.25, 0.3) is 0 Å². The van der Waals surface area contributed by atoms with Crippen LogP contribution in [-0.2, 0) is 13.0 Å². The van der Waals surface area contributed by atoms with Gasteiger partial charge in [-0.15, -0.1) is 0 Å². The molecule has 3 heteroatoms. The van der Waals surface area contributed by atoms with Crippen molar-refractivity contribution in [2.24, 2.45) is 0 Å². The summed E-state index contributed by atoms with van der Waals surface area (Å²) < 4.78 is 5.33.